The fourth-order valence-corrected chi connectivity index (χ4v) is 1.22. The van der Waals surface area contributed by atoms with Gasteiger partial charge in [0.25, 0.3) is 0 Å². The first-order valence-electron chi connectivity index (χ1n) is 3.16. The van der Waals surface area contributed by atoms with E-state index in [2.05, 4.69) is 4.72 Å². The quantitative estimate of drug-likeness (QED) is 0.808. The topological polar surface area (TPSA) is 59.3 Å². The number of furan rings is 1. The van der Waals surface area contributed by atoms with Gasteiger partial charge >= 0.3 is 0 Å². The predicted molar refractivity (Wildman–Crippen MR) is 45.4 cm³/mol. The van der Waals surface area contributed by atoms with Crippen LogP contribution in [-0.4, -0.2) is 14.7 Å². The van der Waals surface area contributed by atoms with Crippen molar-refractivity contribution in [2.24, 2.45) is 0 Å². The predicted octanol–water partition coefficient (Wildman–Crippen LogP) is 0.982. The van der Waals surface area contributed by atoms with Crippen LogP contribution in [0.2, 0.25) is 5.22 Å². The van der Waals surface area contributed by atoms with Gasteiger partial charge in [-0.3, -0.25) is 0 Å². The number of nitrogens with one attached hydrogen (secondary N) is 1. The third kappa shape index (κ3) is 3.25. The molecule has 0 unspecified atom stereocenters. The second-order valence-corrected chi connectivity index (χ2v) is 4.50. The van der Waals surface area contributed by atoms with Crippen LogP contribution in [0.3, 0.4) is 0 Å². The van der Waals surface area contributed by atoms with Gasteiger partial charge in [0, 0.05) is 0 Å². The molecule has 1 aromatic rings. The second kappa shape index (κ2) is 3.47. The van der Waals surface area contributed by atoms with Crippen LogP contribution in [0.5, 0.6) is 0 Å². The zero-order valence-electron chi connectivity index (χ0n) is 6.37. The summed E-state index contributed by atoms with van der Waals surface area (Å²) in [5, 5.41) is 0.250. The summed E-state index contributed by atoms with van der Waals surface area (Å²) in [6.07, 6.45) is 1.08. The number of sulfonamides is 1. The maximum absolute atomic E-state index is 10.6. The van der Waals surface area contributed by atoms with Gasteiger partial charge in [0.2, 0.25) is 10.0 Å². The van der Waals surface area contributed by atoms with Gasteiger partial charge in [-0.2, -0.15) is 0 Å². The maximum atomic E-state index is 10.6. The average molecular weight is 210 g/mol. The van der Waals surface area contributed by atoms with E-state index in [1.165, 1.54) is 0 Å². The molecule has 0 fully saturated rings. The van der Waals surface area contributed by atoms with Crippen molar-refractivity contribution in [2.75, 3.05) is 6.26 Å². The van der Waals surface area contributed by atoms with Crippen molar-refractivity contribution >= 4 is 21.6 Å². The van der Waals surface area contributed by atoms with Crippen molar-refractivity contribution in [3.05, 3.63) is 23.1 Å². The number of hydrogen-bond acceptors (Lipinski definition) is 3. The molecule has 4 nitrogen and oxygen atoms in total. The molecule has 68 valence electrons. The molecule has 1 rings (SSSR count). The van der Waals surface area contributed by atoms with Gasteiger partial charge in [-0.1, -0.05) is 0 Å². The summed E-state index contributed by atoms with van der Waals surface area (Å²) in [7, 11) is -3.17. The molecule has 0 aliphatic heterocycles. The van der Waals surface area contributed by atoms with Gasteiger partial charge in [-0.05, 0) is 23.7 Å². The Labute approximate surface area is 75.6 Å². The molecular formula is C6H8ClNO3S. The van der Waals surface area contributed by atoms with Crippen molar-refractivity contribution in [3.8, 4) is 0 Å². The van der Waals surface area contributed by atoms with Crippen LogP contribution in [-0.2, 0) is 16.6 Å². The molecular weight excluding hydrogens is 202 g/mol. The minimum Gasteiger partial charge on any atom is -0.448 e. The van der Waals surface area contributed by atoms with Gasteiger partial charge in [-0.15, -0.1) is 0 Å². The SMILES string of the molecule is CS(=O)(=O)NCc1ccc(Cl)o1. The summed E-state index contributed by atoms with van der Waals surface area (Å²) in [6, 6.07) is 3.17. The Bertz CT molecular complexity index is 357. The van der Waals surface area contributed by atoms with E-state index < -0.39 is 10.0 Å². The van der Waals surface area contributed by atoms with Gasteiger partial charge in [-0.25, -0.2) is 13.1 Å². The fraction of sp³-hybridized carbons (Fsp3) is 0.333. The smallest absolute Gasteiger partial charge is 0.209 e. The Morgan fingerprint density at radius 2 is 2.25 bits per heavy atom. The number of hydrogen-bond donors (Lipinski definition) is 1. The van der Waals surface area contributed by atoms with Gasteiger partial charge in [0.05, 0.1) is 12.8 Å². The van der Waals surface area contributed by atoms with E-state index >= 15 is 0 Å². The highest BCUT2D eigenvalue weighted by Crippen LogP contribution is 2.12. The highest BCUT2D eigenvalue weighted by atomic mass is 35.5. The first-order chi connectivity index (χ1) is 5.47. The zero-order valence-corrected chi connectivity index (χ0v) is 7.95. The molecule has 0 radical (unpaired) electrons. The minimum atomic E-state index is -3.17. The molecule has 0 atom stereocenters. The highest BCUT2D eigenvalue weighted by molar-refractivity contribution is 7.88. The Balaban J connectivity index is 2.55. The van der Waals surface area contributed by atoms with Crippen molar-refractivity contribution in [1.29, 1.82) is 0 Å². The second-order valence-electron chi connectivity index (χ2n) is 2.30. The Kier molecular flexibility index (Phi) is 2.76. The lowest BCUT2D eigenvalue weighted by Gasteiger charge is -1.97. The Morgan fingerprint density at radius 1 is 1.58 bits per heavy atom. The molecule has 0 saturated carbocycles. The van der Waals surface area contributed by atoms with Crippen molar-refractivity contribution in [2.45, 2.75) is 6.54 Å². The third-order valence-electron chi connectivity index (χ3n) is 1.14. The Morgan fingerprint density at radius 3 is 2.67 bits per heavy atom. The fourth-order valence-electron chi connectivity index (χ4n) is 0.649. The van der Waals surface area contributed by atoms with Crippen molar-refractivity contribution in [3.63, 3.8) is 0 Å². The van der Waals surface area contributed by atoms with Crippen LogP contribution in [0.4, 0.5) is 0 Å². The summed E-state index contributed by atoms with van der Waals surface area (Å²) in [6.45, 7) is 0.131. The summed E-state index contributed by atoms with van der Waals surface area (Å²) >= 11 is 5.47. The van der Waals surface area contributed by atoms with Crippen LogP contribution >= 0.6 is 11.6 Å². The number of halogens is 1. The van der Waals surface area contributed by atoms with Crippen LogP contribution in [0.1, 0.15) is 5.76 Å². The van der Waals surface area contributed by atoms with Crippen molar-refractivity contribution in [1.82, 2.24) is 4.72 Å². The largest absolute Gasteiger partial charge is 0.448 e. The van der Waals surface area contributed by atoms with E-state index in [-0.39, 0.29) is 11.8 Å². The monoisotopic (exact) mass is 209 g/mol. The summed E-state index contributed by atoms with van der Waals surface area (Å²) in [5.41, 5.74) is 0. The summed E-state index contributed by atoms with van der Waals surface area (Å²) in [5.74, 6) is 0.491. The molecule has 6 heteroatoms. The van der Waals surface area contributed by atoms with Crippen LogP contribution < -0.4 is 4.72 Å². The Hall–Kier alpha value is -0.520. The van der Waals surface area contributed by atoms with E-state index in [4.69, 9.17) is 16.0 Å². The molecule has 0 bridgehead atoms. The van der Waals surface area contributed by atoms with Crippen LogP contribution in [0.15, 0.2) is 16.5 Å². The summed E-state index contributed by atoms with van der Waals surface area (Å²) in [4.78, 5) is 0. The van der Waals surface area contributed by atoms with Gasteiger partial charge in [0.1, 0.15) is 5.76 Å². The number of rotatable bonds is 3. The highest BCUT2D eigenvalue weighted by Gasteiger charge is 2.03. The molecule has 1 N–H and O–H groups in total. The molecule has 0 aliphatic carbocycles. The molecule has 1 heterocycles. The zero-order chi connectivity index (χ0) is 9.19. The van der Waals surface area contributed by atoms with Gasteiger partial charge < -0.3 is 4.42 Å². The molecule has 0 amide bonds. The van der Waals surface area contributed by atoms with E-state index in [9.17, 15) is 8.42 Å². The van der Waals surface area contributed by atoms with E-state index in [0.29, 0.717) is 5.76 Å². The molecule has 1 aromatic heterocycles. The molecule has 0 saturated heterocycles. The first-order valence-corrected chi connectivity index (χ1v) is 5.43. The van der Waals surface area contributed by atoms with E-state index in [1.54, 1.807) is 12.1 Å². The minimum absolute atomic E-state index is 0.131. The van der Waals surface area contributed by atoms with Crippen LogP contribution in [0.25, 0.3) is 0 Å². The maximum Gasteiger partial charge on any atom is 0.209 e. The van der Waals surface area contributed by atoms with E-state index in [0.717, 1.165) is 6.26 Å². The van der Waals surface area contributed by atoms with E-state index in [1.807, 2.05) is 0 Å². The lowest BCUT2D eigenvalue weighted by Crippen LogP contribution is -2.20. The summed E-state index contributed by atoms with van der Waals surface area (Å²) < 4.78 is 28.4. The molecule has 12 heavy (non-hydrogen) atoms. The van der Waals surface area contributed by atoms with Gasteiger partial charge in [0.15, 0.2) is 5.22 Å². The third-order valence-corrected chi connectivity index (χ3v) is 2.01. The van der Waals surface area contributed by atoms with Crippen LogP contribution in [0, 0.1) is 0 Å². The molecule has 0 spiro atoms. The first kappa shape index (κ1) is 9.57. The lowest BCUT2D eigenvalue weighted by atomic mass is 10.5. The average Bonchev–Trinajstić information content (AvgIpc) is 2.30. The molecule has 0 aromatic carbocycles. The lowest BCUT2D eigenvalue weighted by molar-refractivity contribution is 0.501. The standard InChI is InChI=1S/C6H8ClNO3S/c1-12(9,10)8-4-5-2-3-6(7)11-5/h2-3,8H,4H2,1H3. The van der Waals surface area contributed by atoms with Crippen molar-refractivity contribution < 1.29 is 12.8 Å². The molecule has 0 aliphatic rings. The normalized spacial score (nSPS) is 11.8.